The second kappa shape index (κ2) is 6.03. The van der Waals surface area contributed by atoms with Crippen molar-refractivity contribution in [2.24, 2.45) is 0 Å². The molecule has 0 saturated carbocycles. The molecule has 0 fully saturated rings. The Balaban J connectivity index is 0.00000169. The molecular formula is C13H17Ru. The Morgan fingerprint density at radius 1 is 1.36 bits per heavy atom. The third kappa shape index (κ3) is 3.31. The van der Waals surface area contributed by atoms with Gasteiger partial charge in [-0.3, -0.25) is 0 Å². The fourth-order valence-corrected chi connectivity index (χ4v) is 1.40. The first kappa shape index (κ1) is 13.5. The molecular weight excluding hydrogens is 257 g/mol. The van der Waals surface area contributed by atoms with Gasteiger partial charge in [-0.15, -0.1) is 5.57 Å². The van der Waals surface area contributed by atoms with Crippen molar-refractivity contribution in [2.45, 2.75) is 27.7 Å². The van der Waals surface area contributed by atoms with E-state index in [-0.39, 0.29) is 19.5 Å². The summed E-state index contributed by atoms with van der Waals surface area (Å²) in [6.07, 6.45) is 4.23. The summed E-state index contributed by atoms with van der Waals surface area (Å²) in [7, 11) is 0. The van der Waals surface area contributed by atoms with Gasteiger partial charge in [-0.25, -0.2) is 6.07 Å². The molecule has 14 heavy (non-hydrogen) atoms. The van der Waals surface area contributed by atoms with Crippen LogP contribution in [-0.2, 0) is 19.5 Å². The van der Waals surface area contributed by atoms with Gasteiger partial charge in [0, 0.05) is 0 Å². The molecule has 0 nitrogen and oxygen atoms in total. The second-order valence-electron chi connectivity index (χ2n) is 3.49. The van der Waals surface area contributed by atoms with Crippen LogP contribution in [-0.4, -0.2) is 0 Å². The molecule has 0 aliphatic carbocycles. The summed E-state index contributed by atoms with van der Waals surface area (Å²) in [6.45, 7) is 8.50. The van der Waals surface area contributed by atoms with E-state index in [0.29, 0.717) is 0 Å². The van der Waals surface area contributed by atoms with E-state index >= 15 is 0 Å². The van der Waals surface area contributed by atoms with Gasteiger partial charge < -0.3 is 0 Å². The predicted molar refractivity (Wildman–Crippen MR) is 59.9 cm³/mol. The zero-order valence-electron chi connectivity index (χ0n) is 9.24. The van der Waals surface area contributed by atoms with E-state index in [9.17, 15) is 0 Å². The zero-order chi connectivity index (χ0) is 9.84. The average molecular weight is 274 g/mol. The monoisotopic (exact) mass is 275 g/mol. The molecule has 1 radical (unpaired) electrons. The summed E-state index contributed by atoms with van der Waals surface area (Å²) >= 11 is 0. The largest absolute Gasteiger partial charge is 1.00 e. The number of hydrogen-bond acceptors (Lipinski definition) is 0. The third-order valence-electron chi connectivity index (χ3n) is 2.35. The molecule has 0 amide bonds. The number of hydrogen-bond donors (Lipinski definition) is 0. The van der Waals surface area contributed by atoms with Gasteiger partial charge in [-0.1, -0.05) is 31.6 Å². The topological polar surface area (TPSA) is 0 Å². The number of allylic oxidation sites excluding steroid dienone is 4. The molecule has 0 aliphatic heterocycles. The van der Waals surface area contributed by atoms with Crippen LogP contribution in [0.15, 0.2) is 35.9 Å². The van der Waals surface area contributed by atoms with Crippen LogP contribution in [0.5, 0.6) is 0 Å². The summed E-state index contributed by atoms with van der Waals surface area (Å²) in [5.74, 6) is 0. The van der Waals surface area contributed by atoms with Crippen molar-refractivity contribution in [3.8, 4) is 0 Å². The van der Waals surface area contributed by atoms with Crippen molar-refractivity contribution in [1.29, 1.82) is 0 Å². The van der Waals surface area contributed by atoms with E-state index in [4.69, 9.17) is 0 Å². The van der Waals surface area contributed by atoms with Gasteiger partial charge in [0.25, 0.3) is 0 Å². The maximum absolute atomic E-state index is 2.22. The van der Waals surface area contributed by atoms with Crippen molar-refractivity contribution < 1.29 is 19.5 Å². The van der Waals surface area contributed by atoms with Crippen LogP contribution in [0.1, 0.15) is 31.9 Å². The summed E-state index contributed by atoms with van der Waals surface area (Å²) in [6, 6.07) is 6.56. The van der Waals surface area contributed by atoms with Gasteiger partial charge in [-0.05, 0) is 13.8 Å². The van der Waals surface area contributed by atoms with Crippen molar-refractivity contribution in [3.05, 3.63) is 47.1 Å². The summed E-state index contributed by atoms with van der Waals surface area (Å²) in [5.41, 5.74) is 5.38. The van der Waals surface area contributed by atoms with Crippen molar-refractivity contribution in [2.75, 3.05) is 0 Å². The summed E-state index contributed by atoms with van der Waals surface area (Å²) in [4.78, 5) is 0. The maximum atomic E-state index is 2.22. The van der Waals surface area contributed by atoms with Crippen LogP contribution in [0.2, 0.25) is 0 Å². The van der Waals surface area contributed by atoms with E-state index in [1.807, 2.05) is 6.92 Å². The van der Waals surface area contributed by atoms with Crippen LogP contribution in [0.3, 0.4) is 0 Å². The first-order chi connectivity index (χ1) is 6.15. The predicted octanol–water partition coefficient (Wildman–Crippen LogP) is 4.08. The third-order valence-corrected chi connectivity index (χ3v) is 2.35. The molecule has 0 heterocycles. The molecule has 1 aromatic rings. The molecule has 0 aliphatic rings. The summed E-state index contributed by atoms with van der Waals surface area (Å²) < 4.78 is 0. The minimum atomic E-state index is 0. The van der Waals surface area contributed by atoms with Crippen LogP contribution >= 0.6 is 0 Å². The molecule has 0 spiro atoms. The van der Waals surface area contributed by atoms with Crippen LogP contribution in [0, 0.1) is 6.92 Å². The van der Waals surface area contributed by atoms with Crippen molar-refractivity contribution in [1.82, 2.24) is 0 Å². The SMILES string of the molecule is CC=CC(C)=C(C)c1cc[c-](C)c1.[Ru+]. The fraction of sp³-hybridized carbons (Fsp3) is 0.308. The minimum absolute atomic E-state index is 0. The van der Waals surface area contributed by atoms with Gasteiger partial charge in [0.1, 0.15) is 0 Å². The first-order valence-electron chi connectivity index (χ1n) is 4.69. The van der Waals surface area contributed by atoms with Gasteiger partial charge in [0.05, 0.1) is 0 Å². The smallest absolute Gasteiger partial charge is 0.206 e. The second-order valence-corrected chi connectivity index (χ2v) is 3.49. The van der Waals surface area contributed by atoms with Crippen molar-refractivity contribution >= 4 is 5.57 Å². The average Bonchev–Trinajstić information content (AvgIpc) is 2.51. The van der Waals surface area contributed by atoms with Gasteiger partial charge in [-0.2, -0.15) is 23.3 Å². The molecule has 0 aromatic heterocycles. The summed E-state index contributed by atoms with van der Waals surface area (Å²) in [5, 5.41) is 0. The quantitative estimate of drug-likeness (QED) is 0.433. The normalized spacial score (nSPS) is 12.6. The molecule has 77 valence electrons. The van der Waals surface area contributed by atoms with E-state index in [2.05, 4.69) is 51.1 Å². The Morgan fingerprint density at radius 3 is 2.43 bits per heavy atom. The Kier molecular flexibility index (Phi) is 5.80. The number of rotatable bonds is 2. The van der Waals surface area contributed by atoms with Gasteiger partial charge >= 0.3 is 19.5 Å². The van der Waals surface area contributed by atoms with E-state index in [1.54, 1.807) is 0 Å². The van der Waals surface area contributed by atoms with E-state index in [1.165, 1.54) is 22.3 Å². The molecule has 1 aromatic carbocycles. The Labute approximate surface area is 99.8 Å². The van der Waals surface area contributed by atoms with Gasteiger partial charge in [0.15, 0.2) is 0 Å². The Bertz CT molecular complexity index is 340. The minimum Gasteiger partial charge on any atom is -0.206 e. The van der Waals surface area contributed by atoms with Crippen LogP contribution in [0.4, 0.5) is 0 Å². The molecule has 0 saturated heterocycles. The fourth-order valence-electron chi connectivity index (χ4n) is 1.40. The van der Waals surface area contributed by atoms with Gasteiger partial charge in [0.2, 0.25) is 0 Å². The van der Waals surface area contributed by atoms with Crippen molar-refractivity contribution in [3.63, 3.8) is 0 Å². The Hall–Kier alpha value is -0.547. The molecule has 0 bridgehead atoms. The first-order valence-corrected chi connectivity index (χ1v) is 4.69. The molecule has 1 heteroatoms. The van der Waals surface area contributed by atoms with Crippen LogP contribution < -0.4 is 0 Å². The molecule has 0 N–H and O–H groups in total. The van der Waals surface area contributed by atoms with E-state index < -0.39 is 0 Å². The van der Waals surface area contributed by atoms with Crippen LogP contribution in [0.25, 0.3) is 5.57 Å². The zero-order valence-corrected chi connectivity index (χ0v) is 11.0. The molecule has 0 unspecified atom stereocenters. The molecule has 1 rings (SSSR count). The van der Waals surface area contributed by atoms with E-state index in [0.717, 1.165) is 0 Å². The number of aryl methyl sites for hydroxylation is 1. The standard InChI is InChI=1S/C13H17.Ru/c1-5-6-11(3)12(4)13-8-7-10(2)9-13;/h5-9H,1-4H3;/q-1;+1. The Morgan fingerprint density at radius 2 is 2.00 bits per heavy atom. The maximum Gasteiger partial charge on any atom is 1.00 e. The molecule has 0 atom stereocenters.